The van der Waals surface area contributed by atoms with Crippen LogP contribution >= 0.6 is 12.2 Å². The molecule has 0 amide bonds. The minimum atomic E-state index is -0.143. The van der Waals surface area contributed by atoms with Gasteiger partial charge in [0.25, 0.3) is 0 Å². The van der Waals surface area contributed by atoms with E-state index in [1.165, 1.54) is 0 Å². The van der Waals surface area contributed by atoms with E-state index in [-0.39, 0.29) is 18.7 Å². The van der Waals surface area contributed by atoms with Crippen molar-refractivity contribution in [3.05, 3.63) is 72.2 Å². The summed E-state index contributed by atoms with van der Waals surface area (Å²) in [7, 11) is 0. The Bertz CT molecular complexity index is 975. The van der Waals surface area contributed by atoms with E-state index >= 15 is 0 Å². The predicted molar refractivity (Wildman–Crippen MR) is 119 cm³/mol. The maximum absolute atomic E-state index is 9.33. The maximum atomic E-state index is 9.33. The van der Waals surface area contributed by atoms with Crippen molar-refractivity contribution in [2.24, 2.45) is 0 Å². The average molecular weight is 424 g/mol. The summed E-state index contributed by atoms with van der Waals surface area (Å²) < 4.78 is 11.8. The summed E-state index contributed by atoms with van der Waals surface area (Å²) in [5.41, 5.74) is 1.88. The van der Waals surface area contributed by atoms with Crippen LogP contribution in [0.1, 0.15) is 36.9 Å². The molecule has 7 heteroatoms. The second kappa shape index (κ2) is 9.28. The molecular formula is C23H25N3O3S. The number of pyridine rings is 1. The van der Waals surface area contributed by atoms with Gasteiger partial charge in [-0.25, -0.2) is 0 Å². The van der Waals surface area contributed by atoms with Crippen LogP contribution in [0.4, 0.5) is 0 Å². The molecule has 1 aliphatic rings. The minimum absolute atomic E-state index is 0.107. The number of rotatable bonds is 8. The van der Waals surface area contributed by atoms with E-state index in [2.05, 4.69) is 15.2 Å². The molecule has 2 atom stereocenters. The monoisotopic (exact) mass is 423 g/mol. The molecule has 0 radical (unpaired) electrons. The fraction of sp³-hybridized carbons (Fsp3) is 0.304. The molecule has 3 aromatic rings. The van der Waals surface area contributed by atoms with E-state index in [1.807, 2.05) is 61.5 Å². The summed E-state index contributed by atoms with van der Waals surface area (Å²) in [6.07, 6.45) is 2.40. The maximum Gasteiger partial charge on any atom is 0.170 e. The van der Waals surface area contributed by atoms with Gasteiger partial charge in [-0.1, -0.05) is 6.07 Å². The Kier molecular flexibility index (Phi) is 6.30. The number of nitrogens with zero attached hydrogens (tertiary/aromatic N) is 2. The van der Waals surface area contributed by atoms with Gasteiger partial charge in [-0.05, 0) is 74.1 Å². The molecule has 0 saturated carbocycles. The van der Waals surface area contributed by atoms with Crippen LogP contribution in [-0.2, 0) is 0 Å². The summed E-state index contributed by atoms with van der Waals surface area (Å²) in [5.74, 6) is 2.43. The fourth-order valence-electron chi connectivity index (χ4n) is 3.75. The van der Waals surface area contributed by atoms with Gasteiger partial charge in [0.05, 0.1) is 18.3 Å². The van der Waals surface area contributed by atoms with Crippen molar-refractivity contribution in [3.8, 4) is 17.1 Å². The van der Waals surface area contributed by atoms with Crippen LogP contribution in [-0.4, -0.2) is 39.9 Å². The minimum Gasteiger partial charge on any atom is -0.494 e. The van der Waals surface area contributed by atoms with Crippen molar-refractivity contribution in [1.29, 1.82) is 0 Å². The second-order valence-electron chi connectivity index (χ2n) is 7.06. The molecular weight excluding hydrogens is 398 g/mol. The number of aliphatic hydroxyl groups excluding tert-OH is 1. The SMILES string of the molecule is CCOc1ccc(-c2ccc([C@@H]3[C@@H](c4ccccn4)NC(=S)N3CCCO)o2)cc1. The first-order valence-corrected chi connectivity index (χ1v) is 10.5. The van der Waals surface area contributed by atoms with Crippen molar-refractivity contribution in [2.45, 2.75) is 25.4 Å². The number of aromatic nitrogens is 1. The first kappa shape index (κ1) is 20.4. The Morgan fingerprint density at radius 2 is 2.00 bits per heavy atom. The molecule has 3 heterocycles. The molecule has 6 nitrogen and oxygen atoms in total. The normalized spacial score (nSPS) is 18.5. The molecule has 2 N–H and O–H groups in total. The molecule has 0 aliphatic carbocycles. The zero-order chi connectivity index (χ0) is 20.9. The fourth-order valence-corrected chi connectivity index (χ4v) is 4.08. The van der Waals surface area contributed by atoms with Gasteiger partial charge in [-0.3, -0.25) is 4.98 Å². The van der Waals surface area contributed by atoms with Gasteiger partial charge in [0.1, 0.15) is 23.3 Å². The third-order valence-electron chi connectivity index (χ3n) is 5.12. The lowest BCUT2D eigenvalue weighted by Gasteiger charge is -2.25. The topological polar surface area (TPSA) is 70.8 Å². The van der Waals surface area contributed by atoms with Crippen LogP contribution in [0.5, 0.6) is 5.75 Å². The van der Waals surface area contributed by atoms with E-state index in [0.29, 0.717) is 24.7 Å². The molecule has 1 aromatic carbocycles. The molecule has 156 valence electrons. The lowest BCUT2D eigenvalue weighted by Crippen LogP contribution is -2.30. The third-order valence-corrected chi connectivity index (χ3v) is 5.48. The van der Waals surface area contributed by atoms with Crippen LogP contribution < -0.4 is 10.1 Å². The van der Waals surface area contributed by atoms with Crippen LogP contribution in [0.2, 0.25) is 0 Å². The number of thiocarbonyl (C=S) groups is 1. The molecule has 1 saturated heterocycles. The molecule has 30 heavy (non-hydrogen) atoms. The second-order valence-corrected chi connectivity index (χ2v) is 7.44. The first-order chi connectivity index (χ1) is 14.7. The lowest BCUT2D eigenvalue weighted by molar-refractivity contribution is 0.233. The van der Waals surface area contributed by atoms with Crippen LogP contribution in [0.3, 0.4) is 0 Å². The highest BCUT2D eigenvalue weighted by Crippen LogP contribution is 2.40. The zero-order valence-corrected chi connectivity index (χ0v) is 17.6. The van der Waals surface area contributed by atoms with E-state index in [9.17, 15) is 5.11 Å². The molecule has 0 bridgehead atoms. The van der Waals surface area contributed by atoms with Crippen LogP contribution in [0.25, 0.3) is 11.3 Å². The molecule has 2 aromatic heterocycles. The summed E-state index contributed by atoms with van der Waals surface area (Å²) >= 11 is 5.60. The van der Waals surface area contributed by atoms with Crippen molar-refractivity contribution in [3.63, 3.8) is 0 Å². The molecule has 1 aliphatic heterocycles. The summed E-state index contributed by atoms with van der Waals surface area (Å²) in [4.78, 5) is 6.60. The van der Waals surface area contributed by atoms with Crippen molar-refractivity contribution >= 4 is 17.3 Å². The highest BCUT2D eigenvalue weighted by molar-refractivity contribution is 7.80. The summed E-state index contributed by atoms with van der Waals surface area (Å²) in [6, 6.07) is 17.4. The number of aliphatic hydroxyl groups is 1. The Balaban J connectivity index is 1.65. The van der Waals surface area contributed by atoms with Gasteiger partial charge in [-0.2, -0.15) is 0 Å². The van der Waals surface area contributed by atoms with Gasteiger partial charge in [0.2, 0.25) is 0 Å². The smallest absolute Gasteiger partial charge is 0.170 e. The summed E-state index contributed by atoms with van der Waals surface area (Å²) in [5, 5.41) is 13.4. The van der Waals surface area contributed by atoms with Gasteiger partial charge in [0.15, 0.2) is 5.11 Å². The molecule has 4 rings (SSSR count). The van der Waals surface area contributed by atoms with E-state index in [0.717, 1.165) is 28.5 Å². The van der Waals surface area contributed by atoms with Crippen molar-refractivity contribution in [1.82, 2.24) is 15.2 Å². The highest BCUT2D eigenvalue weighted by atomic mass is 32.1. The van der Waals surface area contributed by atoms with Crippen molar-refractivity contribution < 1.29 is 14.3 Å². The number of ether oxygens (including phenoxy) is 1. The number of benzene rings is 1. The Morgan fingerprint density at radius 1 is 1.17 bits per heavy atom. The Labute approximate surface area is 181 Å². The average Bonchev–Trinajstić information content (AvgIpc) is 3.38. The van der Waals surface area contributed by atoms with Gasteiger partial charge in [0, 0.05) is 24.9 Å². The number of hydrogen-bond acceptors (Lipinski definition) is 5. The highest BCUT2D eigenvalue weighted by Gasteiger charge is 2.41. The van der Waals surface area contributed by atoms with Crippen LogP contribution in [0.15, 0.2) is 65.2 Å². The molecule has 1 fully saturated rings. The third kappa shape index (κ3) is 4.17. The zero-order valence-electron chi connectivity index (χ0n) is 16.8. The summed E-state index contributed by atoms with van der Waals surface area (Å²) in [6.45, 7) is 3.34. The predicted octanol–water partition coefficient (Wildman–Crippen LogP) is 4.10. The standard InChI is InChI=1S/C23H25N3O3S/c1-2-28-17-9-7-16(8-10-17)19-11-12-20(29-19)22-21(18-6-3-4-13-24-18)25-23(30)26(22)14-5-15-27/h3-4,6-13,21-22,27H,2,5,14-15H2,1H3,(H,25,30)/t21-,22-/m1/s1. The number of nitrogens with one attached hydrogen (secondary N) is 1. The lowest BCUT2D eigenvalue weighted by atomic mass is 10.0. The van der Waals surface area contributed by atoms with E-state index in [1.54, 1.807) is 6.20 Å². The van der Waals surface area contributed by atoms with E-state index < -0.39 is 0 Å². The molecule has 0 spiro atoms. The van der Waals surface area contributed by atoms with Gasteiger partial charge < -0.3 is 24.5 Å². The Hall–Kier alpha value is -2.90. The number of hydrogen-bond donors (Lipinski definition) is 2. The Morgan fingerprint density at radius 3 is 2.70 bits per heavy atom. The van der Waals surface area contributed by atoms with Gasteiger partial charge in [-0.15, -0.1) is 0 Å². The first-order valence-electron chi connectivity index (χ1n) is 10.1. The largest absolute Gasteiger partial charge is 0.494 e. The van der Waals surface area contributed by atoms with E-state index in [4.69, 9.17) is 21.4 Å². The number of furan rings is 1. The van der Waals surface area contributed by atoms with Crippen LogP contribution in [0, 0.1) is 0 Å². The van der Waals surface area contributed by atoms with Gasteiger partial charge >= 0.3 is 0 Å². The molecule has 0 unspecified atom stereocenters. The quantitative estimate of drug-likeness (QED) is 0.529. The van der Waals surface area contributed by atoms with Crippen molar-refractivity contribution in [2.75, 3.05) is 19.8 Å².